The van der Waals surface area contributed by atoms with Crippen LogP contribution >= 0.6 is 0 Å². The zero-order valence-electron chi connectivity index (χ0n) is 24.3. The predicted octanol–water partition coefficient (Wildman–Crippen LogP) is 2.39. The maximum absolute atomic E-state index is 13.2. The molecule has 5 rings (SSSR count). The normalized spacial score (nSPS) is 20.2. The fourth-order valence-electron chi connectivity index (χ4n) is 6.23. The number of aryl methyl sites for hydroxylation is 1. The van der Waals surface area contributed by atoms with Gasteiger partial charge in [0.2, 0.25) is 21.8 Å². The number of fused-ring (bicyclic) bond motifs is 1. The topological polar surface area (TPSA) is 144 Å². The van der Waals surface area contributed by atoms with E-state index in [2.05, 4.69) is 5.32 Å². The Bertz CT molecular complexity index is 1490. The van der Waals surface area contributed by atoms with Gasteiger partial charge in [0.1, 0.15) is 12.1 Å². The van der Waals surface area contributed by atoms with E-state index in [1.807, 2.05) is 36.1 Å². The molecular formula is C31H38N4O7S. The minimum absolute atomic E-state index is 0.0457. The van der Waals surface area contributed by atoms with Crippen LogP contribution in [0.2, 0.25) is 0 Å². The number of carboxylic acid groups (broad SMARTS) is 1. The zero-order valence-corrected chi connectivity index (χ0v) is 25.1. The SMILES string of the molecule is Cc1ccc(S(=O)(=O)N2CCC[C@@H]2C(=O)N[C@@H](CCC(=O)N2CCC(CN3Cc4ccccc4C3=O)CC2)C(=O)O)cc1. The standard InChI is InChI=1S/C31H38N4O7S/c1-21-8-10-24(11-9-21)43(41,42)35-16-4-7-27(35)29(37)32-26(31(39)40)12-13-28(36)33-17-14-22(15-18-33)19-34-20-23-5-2-3-6-25(23)30(34)38/h2-3,5-6,8-11,22,26-27H,4,7,12-20H2,1H3,(H,32,37)(H,39,40)/t26-,27+/m0/s1. The van der Waals surface area contributed by atoms with Gasteiger partial charge in [0.25, 0.3) is 5.91 Å². The lowest BCUT2D eigenvalue weighted by molar-refractivity contribution is -0.143. The molecule has 0 spiro atoms. The molecule has 230 valence electrons. The molecule has 0 radical (unpaired) electrons. The van der Waals surface area contributed by atoms with Crippen LogP contribution in [0.1, 0.15) is 60.0 Å². The van der Waals surface area contributed by atoms with Crippen molar-refractivity contribution in [2.75, 3.05) is 26.2 Å². The first-order valence-electron chi connectivity index (χ1n) is 14.8. The van der Waals surface area contributed by atoms with Gasteiger partial charge in [-0.1, -0.05) is 35.9 Å². The van der Waals surface area contributed by atoms with E-state index in [0.29, 0.717) is 32.6 Å². The molecule has 0 aromatic heterocycles. The molecule has 3 heterocycles. The van der Waals surface area contributed by atoms with Gasteiger partial charge in [0, 0.05) is 44.7 Å². The number of amides is 3. The summed E-state index contributed by atoms with van der Waals surface area (Å²) in [4.78, 5) is 54.4. The highest BCUT2D eigenvalue weighted by Crippen LogP contribution is 2.28. The average molecular weight is 611 g/mol. The third-order valence-electron chi connectivity index (χ3n) is 8.74. The fourth-order valence-corrected chi connectivity index (χ4v) is 7.88. The number of benzene rings is 2. The summed E-state index contributed by atoms with van der Waals surface area (Å²) < 4.78 is 27.6. The summed E-state index contributed by atoms with van der Waals surface area (Å²) in [6.07, 6.45) is 2.10. The molecule has 2 fully saturated rings. The Hall–Kier alpha value is -3.77. The number of carbonyl (C=O) groups is 4. The number of carbonyl (C=O) groups excluding carboxylic acids is 3. The van der Waals surface area contributed by atoms with Crippen molar-refractivity contribution >= 4 is 33.7 Å². The Morgan fingerprint density at radius 1 is 1.00 bits per heavy atom. The third kappa shape index (κ3) is 6.75. The molecule has 2 atom stereocenters. The Labute approximate surface area is 251 Å². The van der Waals surface area contributed by atoms with E-state index < -0.39 is 34.0 Å². The van der Waals surface area contributed by atoms with Crippen LogP contribution in [0.3, 0.4) is 0 Å². The number of carboxylic acids is 1. The highest BCUT2D eigenvalue weighted by molar-refractivity contribution is 7.89. The number of aliphatic carboxylic acids is 1. The monoisotopic (exact) mass is 610 g/mol. The van der Waals surface area contributed by atoms with Crippen LogP contribution in [0, 0.1) is 12.8 Å². The van der Waals surface area contributed by atoms with Gasteiger partial charge in [-0.25, -0.2) is 13.2 Å². The number of sulfonamides is 1. The lowest BCUT2D eigenvalue weighted by Gasteiger charge is -2.34. The molecule has 2 N–H and O–H groups in total. The van der Waals surface area contributed by atoms with E-state index in [0.717, 1.165) is 33.8 Å². The van der Waals surface area contributed by atoms with Crippen LogP contribution < -0.4 is 5.32 Å². The van der Waals surface area contributed by atoms with Gasteiger partial charge in [-0.15, -0.1) is 0 Å². The lowest BCUT2D eigenvalue weighted by Crippen LogP contribution is -2.51. The van der Waals surface area contributed by atoms with Gasteiger partial charge in [0.15, 0.2) is 0 Å². The number of nitrogens with one attached hydrogen (secondary N) is 1. The minimum Gasteiger partial charge on any atom is -0.480 e. The van der Waals surface area contributed by atoms with Gasteiger partial charge >= 0.3 is 5.97 Å². The lowest BCUT2D eigenvalue weighted by atomic mass is 9.95. The number of nitrogens with zero attached hydrogens (tertiary/aromatic N) is 3. The summed E-state index contributed by atoms with van der Waals surface area (Å²) >= 11 is 0. The van der Waals surface area contributed by atoms with Crippen LogP contribution in [0.5, 0.6) is 0 Å². The first-order valence-corrected chi connectivity index (χ1v) is 16.2. The largest absolute Gasteiger partial charge is 0.480 e. The molecule has 3 amide bonds. The Morgan fingerprint density at radius 3 is 2.37 bits per heavy atom. The van der Waals surface area contributed by atoms with Crippen molar-refractivity contribution in [3.05, 3.63) is 65.2 Å². The minimum atomic E-state index is -3.93. The number of hydrogen-bond donors (Lipinski definition) is 2. The molecule has 2 aromatic carbocycles. The summed E-state index contributed by atoms with van der Waals surface area (Å²) in [6, 6.07) is 11.7. The molecule has 0 aliphatic carbocycles. The first kappa shape index (κ1) is 30.7. The number of piperidine rings is 1. The van der Waals surface area contributed by atoms with E-state index in [-0.39, 0.29) is 48.4 Å². The van der Waals surface area contributed by atoms with Crippen LogP contribution in [-0.4, -0.2) is 89.6 Å². The Morgan fingerprint density at radius 2 is 1.70 bits per heavy atom. The van der Waals surface area contributed by atoms with Gasteiger partial charge in [-0.2, -0.15) is 4.31 Å². The van der Waals surface area contributed by atoms with Crippen molar-refractivity contribution in [2.24, 2.45) is 5.92 Å². The number of likely N-dealkylation sites (tertiary alicyclic amines) is 1. The van der Waals surface area contributed by atoms with E-state index in [9.17, 15) is 32.7 Å². The molecule has 11 nitrogen and oxygen atoms in total. The summed E-state index contributed by atoms with van der Waals surface area (Å²) in [6.45, 7) is 4.30. The van der Waals surface area contributed by atoms with Gasteiger partial charge in [0.05, 0.1) is 4.90 Å². The smallest absolute Gasteiger partial charge is 0.326 e. The molecule has 43 heavy (non-hydrogen) atoms. The predicted molar refractivity (Wildman–Crippen MR) is 157 cm³/mol. The molecule has 0 unspecified atom stereocenters. The zero-order chi connectivity index (χ0) is 30.7. The molecule has 0 bridgehead atoms. The fraction of sp³-hybridized carbons (Fsp3) is 0.484. The highest BCUT2D eigenvalue weighted by atomic mass is 32.2. The second-order valence-electron chi connectivity index (χ2n) is 11.7. The average Bonchev–Trinajstić information content (AvgIpc) is 3.61. The Balaban J connectivity index is 1.10. The number of hydrogen-bond acceptors (Lipinski definition) is 6. The van der Waals surface area contributed by atoms with Crippen molar-refractivity contribution in [3.63, 3.8) is 0 Å². The maximum atomic E-state index is 13.2. The van der Waals surface area contributed by atoms with E-state index >= 15 is 0 Å². The van der Waals surface area contributed by atoms with Crippen LogP contribution in [0.15, 0.2) is 53.4 Å². The molecular weight excluding hydrogens is 572 g/mol. The van der Waals surface area contributed by atoms with Crippen LogP contribution in [-0.2, 0) is 31.0 Å². The number of rotatable bonds is 10. The second kappa shape index (κ2) is 12.8. The van der Waals surface area contributed by atoms with Crippen molar-refractivity contribution < 1.29 is 32.7 Å². The molecule has 3 aliphatic heterocycles. The van der Waals surface area contributed by atoms with Crippen molar-refractivity contribution in [2.45, 2.75) is 69.0 Å². The van der Waals surface area contributed by atoms with E-state index in [1.54, 1.807) is 17.0 Å². The third-order valence-corrected chi connectivity index (χ3v) is 10.7. The highest BCUT2D eigenvalue weighted by Gasteiger charge is 2.40. The first-order chi connectivity index (χ1) is 20.5. The van der Waals surface area contributed by atoms with Crippen LogP contribution in [0.4, 0.5) is 0 Å². The Kier molecular flexibility index (Phi) is 9.16. The molecule has 0 saturated carbocycles. The van der Waals surface area contributed by atoms with Crippen molar-refractivity contribution in [3.8, 4) is 0 Å². The van der Waals surface area contributed by atoms with E-state index in [4.69, 9.17) is 0 Å². The molecule has 2 aromatic rings. The van der Waals surface area contributed by atoms with E-state index in [1.165, 1.54) is 12.1 Å². The molecule has 2 saturated heterocycles. The van der Waals surface area contributed by atoms with Crippen molar-refractivity contribution in [1.29, 1.82) is 0 Å². The quantitative estimate of drug-likeness (QED) is 0.420. The van der Waals surface area contributed by atoms with Gasteiger partial charge in [-0.3, -0.25) is 14.4 Å². The van der Waals surface area contributed by atoms with Crippen LogP contribution in [0.25, 0.3) is 0 Å². The molecule has 3 aliphatic rings. The summed E-state index contributed by atoms with van der Waals surface area (Å²) in [5.74, 6) is -1.81. The van der Waals surface area contributed by atoms with Gasteiger partial charge in [-0.05, 0) is 68.7 Å². The maximum Gasteiger partial charge on any atom is 0.326 e. The second-order valence-corrected chi connectivity index (χ2v) is 13.6. The summed E-state index contributed by atoms with van der Waals surface area (Å²) in [5, 5.41) is 12.3. The summed E-state index contributed by atoms with van der Waals surface area (Å²) in [5.41, 5.74) is 2.69. The summed E-state index contributed by atoms with van der Waals surface area (Å²) in [7, 11) is -3.93. The van der Waals surface area contributed by atoms with Crippen molar-refractivity contribution in [1.82, 2.24) is 19.4 Å². The molecule has 12 heteroatoms. The van der Waals surface area contributed by atoms with Gasteiger partial charge < -0.3 is 20.2 Å².